The van der Waals surface area contributed by atoms with Gasteiger partial charge in [-0.15, -0.1) is 0 Å². The Morgan fingerprint density at radius 3 is 2.30 bits per heavy atom. The minimum absolute atomic E-state index is 0.153. The van der Waals surface area contributed by atoms with Gasteiger partial charge in [-0.3, -0.25) is 9.69 Å². The number of ketones is 1. The fourth-order valence-corrected chi connectivity index (χ4v) is 1.47. The van der Waals surface area contributed by atoms with Crippen molar-refractivity contribution in [3.05, 3.63) is 0 Å². The van der Waals surface area contributed by atoms with Crippen LogP contribution >= 0.6 is 0 Å². The standard InChI is InChI=1S/C8H15NO/c1-8(9(2)3)6-4-5-7(8)10/h4-6H2,1-3H3. The smallest absolute Gasteiger partial charge is 0.152 e. The monoisotopic (exact) mass is 141 g/mol. The molecule has 1 fully saturated rings. The summed E-state index contributed by atoms with van der Waals surface area (Å²) in [4.78, 5) is 13.3. The van der Waals surface area contributed by atoms with Crippen LogP contribution in [-0.4, -0.2) is 30.3 Å². The summed E-state index contributed by atoms with van der Waals surface area (Å²) < 4.78 is 0. The van der Waals surface area contributed by atoms with Crippen molar-refractivity contribution < 1.29 is 4.79 Å². The molecule has 1 rings (SSSR count). The highest BCUT2D eigenvalue weighted by atomic mass is 16.1. The predicted octanol–water partition coefficient (Wildman–Crippen LogP) is 1.06. The Kier molecular flexibility index (Phi) is 1.82. The third-order valence-corrected chi connectivity index (χ3v) is 2.66. The summed E-state index contributed by atoms with van der Waals surface area (Å²) in [7, 11) is 3.95. The summed E-state index contributed by atoms with van der Waals surface area (Å²) in [5.41, 5.74) is -0.153. The molecule has 1 unspecified atom stereocenters. The van der Waals surface area contributed by atoms with Crippen LogP contribution in [0.1, 0.15) is 26.2 Å². The predicted molar refractivity (Wildman–Crippen MR) is 41.0 cm³/mol. The molecule has 0 saturated heterocycles. The van der Waals surface area contributed by atoms with Crippen molar-refractivity contribution >= 4 is 5.78 Å². The second-order valence-corrected chi connectivity index (χ2v) is 3.45. The molecule has 1 saturated carbocycles. The van der Waals surface area contributed by atoms with E-state index in [1.807, 2.05) is 25.9 Å². The fraction of sp³-hybridized carbons (Fsp3) is 0.875. The van der Waals surface area contributed by atoms with Crippen molar-refractivity contribution in [2.24, 2.45) is 0 Å². The van der Waals surface area contributed by atoms with E-state index in [1.165, 1.54) is 0 Å². The Bertz CT molecular complexity index is 153. The molecule has 0 aromatic rings. The van der Waals surface area contributed by atoms with Gasteiger partial charge in [0.25, 0.3) is 0 Å². The second kappa shape index (κ2) is 2.35. The SMILES string of the molecule is CN(C)C1(C)CCCC1=O. The van der Waals surface area contributed by atoms with Gasteiger partial charge in [0.1, 0.15) is 0 Å². The van der Waals surface area contributed by atoms with E-state index >= 15 is 0 Å². The van der Waals surface area contributed by atoms with Crippen LogP contribution in [0.5, 0.6) is 0 Å². The number of hydrogen-bond acceptors (Lipinski definition) is 2. The number of nitrogens with zero attached hydrogens (tertiary/aromatic N) is 1. The molecule has 1 aliphatic rings. The first kappa shape index (κ1) is 7.73. The molecule has 1 aliphatic carbocycles. The first-order valence-electron chi connectivity index (χ1n) is 3.78. The molecule has 2 nitrogen and oxygen atoms in total. The molecule has 0 spiro atoms. The lowest BCUT2D eigenvalue weighted by Crippen LogP contribution is -2.44. The Balaban J connectivity index is 2.75. The van der Waals surface area contributed by atoms with Gasteiger partial charge in [0.2, 0.25) is 0 Å². The van der Waals surface area contributed by atoms with Gasteiger partial charge in [0, 0.05) is 6.42 Å². The first-order valence-corrected chi connectivity index (χ1v) is 3.78. The van der Waals surface area contributed by atoms with E-state index in [1.54, 1.807) is 0 Å². The second-order valence-electron chi connectivity index (χ2n) is 3.45. The average molecular weight is 141 g/mol. The van der Waals surface area contributed by atoms with Gasteiger partial charge in [0.05, 0.1) is 5.54 Å². The van der Waals surface area contributed by atoms with Crippen molar-refractivity contribution in [2.75, 3.05) is 14.1 Å². The zero-order valence-electron chi connectivity index (χ0n) is 6.98. The highest BCUT2D eigenvalue weighted by Crippen LogP contribution is 2.29. The van der Waals surface area contributed by atoms with Crippen molar-refractivity contribution in [1.29, 1.82) is 0 Å². The zero-order valence-corrected chi connectivity index (χ0v) is 6.98. The van der Waals surface area contributed by atoms with E-state index in [4.69, 9.17) is 0 Å². The Morgan fingerprint density at radius 1 is 1.50 bits per heavy atom. The summed E-state index contributed by atoms with van der Waals surface area (Å²) in [5.74, 6) is 0.400. The number of hydrogen-bond donors (Lipinski definition) is 0. The van der Waals surface area contributed by atoms with Crippen molar-refractivity contribution in [1.82, 2.24) is 4.90 Å². The number of rotatable bonds is 1. The molecule has 0 amide bonds. The van der Waals surface area contributed by atoms with Crippen LogP contribution in [0.4, 0.5) is 0 Å². The van der Waals surface area contributed by atoms with Gasteiger partial charge in [-0.1, -0.05) is 0 Å². The highest BCUT2D eigenvalue weighted by molar-refractivity contribution is 5.89. The molecule has 2 heteroatoms. The third-order valence-electron chi connectivity index (χ3n) is 2.66. The van der Waals surface area contributed by atoms with E-state index in [9.17, 15) is 4.79 Å². The lowest BCUT2D eigenvalue weighted by Gasteiger charge is -2.29. The van der Waals surface area contributed by atoms with Crippen LogP contribution in [-0.2, 0) is 4.79 Å². The van der Waals surface area contributed by atoms with Crippen molar-refractivity contribution in [3.63, 3.8) is 0 Å². The van der Waals surface area contributed by atoms with E-state index in [0.717, 1.165) is 19.3 Å². The van der Waals surface area contributed by atoms with Crippen LogP contribution in [0.2, 0.25) is 0 Å². The Morgan fingerprint density at radius 2 is 2.10 bits per heavy atom. The molecule has 10 heavy (non-hydrogen) atoms. The van der Waals surface area contributed by atoms with Gasteiger partial charge in [0.15, 0.2) is 5.78 Å². The summed E-state index contributed by atoms with van der Waals surface area (Å²) in [6, 6.07) is 0. The number of carbonyl (C=O) groups excluding carboxylic acids is 1. The maximum Gasteiger partial charge on any atom is 0.152 e. The normalized spacial score (nSPS) is 33.8. The largest absolute Gasteiger partial charge is 0.298 e. The molecule has 0 radical (unpaired) electrons. The maximum atomic E-state index is 11.3. The highest BCUT2D eigenvalue weighted by Gasteiger charge is 2.38. The van der Waals surface area contributed by atoms with Crippen LogP contribution < -0.4 is 0 Å². The van der Waals surface area contributed by atoms with Gasteiger partial charge < -0.3 is 0 Å². The molecular weight excluding hydrogens is 126 g/mol. The minimum atomic E-state index is -0.153. The molecule has 0 aliphatic heterocycles. The summed E-state index contributed by atoms with van der Waals surface area (Å²) in [6.07, 6.45) is 2.86. The number of Topliss-reactive ketones (excluding diaryl/α,β-unsaturated/α-hetero) is 1. The van der Waals surface area contributed by atoms with Crippen LogP contribution in [0.25, 0.3) is 0 Å². The molecule has 0 aromatic carbocycles. The molecule has 0 aromatic heterocycles. The van der Waals surface area contributed by atoms with E-state index in [0.29, 0.717) is 5.78 Å². The van der Waals surface area contributed by atoms with Crippen molar-refractivity contribution in [3.8, 4) is 0 Å². The molecule has 0 heterocycles. The van der Waals surface area contributed by atoms with Crippen LogP contribution in [0, 0.1) is 0 Å². The summed E-state index contributed by atoms with van der Waals surface area (Å²) in [5, 5.41) is 0. The first-order chi connectivity index (χ1) is 4.57. The maximum absolute atomic E-state index is 11.3. The van der Waals surface area contributed by atoms with Crippen molar-refractivity contribution in [2.45, 2.75) is 31.7 Å². The van der Waals surface area contributed by atoms with Crippen LogP contribution in [0.3, 0.4) is 0 Å². The molecular formula is C8H15NO. The number of likely N-dealkylation sites (N-methyl/N-ethyl adjacent to an activating group) is 1. The molecule has 1 atom stereocenters. The number of carbonyl (C=O) groups is 1. The van der Waals surface area contributed by atoms with E-state index in [-0.39, 0.29) is 5.54 Å². The minimum Gasteiger partial charge on any atom is -0.298 e. The molecule has 58 valence electrons. The Hall–Kier alpha value is -0.370. The van der Waals surface area contributed by atoms with E-state index in [2.05, 4.69) is 0 Å². The van der Waals surface area contributed by atoms with Gasteiger partial charge in [-0.2, -0.15) is 0 Å². The van der Waals surface area contributed by atoms with Crippen LogP contribution in [0.15, 0.2) is 0 Å². The quantitative estimate of drug-likeness (QED) is 0.544. The van der Waals surface area contributed by atoms with Gasteiger partial charge in [-0.25, -0.2) is 0 Å². The molecule has 0 N–H and O–H groups in total. The molecule has 0 bridgehead atoms. The van der Waals surface area contributed by atoms with Gasteiger partial charge in [-0.05, 0) is 33.9 Å². The summed E-state index contributed by atoms with van der Waals surface area (Å²) >= 11 is 0. The van der Waals surface area contributed by atoms with E-state index < -0.39 is 0 Å². The lowest BCUT2D eigenvalue weighted by molar-refractivity contribution is -0.125. The lowest BCUT2D eigenvalue weighted by atomic mass is 9.98. The Labute approximate surface area is 62.2 Å². The topological polar surface area (TPSA) is 20.3 Å². The average Bonchev–Trinajstić information content (AvgIpc) is 2.15. The fourth-order valence-electron chi connectivity index (χ4n) is 1.47. The summed E-state index contributed by atoms with van der Waals surface area (Å²) in [6.45, 7) is 2.03. The third kappa shape index (κ3) is 0.966. The zero-order chi connectivity index (χ0) is 7.78. The van der Waals surface area contributed by atoms with Gasteiger partial charge >= 0.3 is 0 Å².